The SMILES string of the molecule is CN1CCN(C(CO)CCCO)CC1. The maximum Gasteiger partial charge on any atom is 0.0586 e. The maximum atomic E-state index is 9.23. The lowest BCUT2D eigenvalue weighted by molar-refractivity contribution is 0.0668. The van der Waals surface area contributed by atoms with E-state index >= 15 is 0 Å². The number of likely N-dealkylation sites (N-methyl/N-ethyl adjacent to an activating group) is 1. The van der Waals surface area contributed by atoms with E-state index in [0.717, 1.165) is 39.0 Å². The van der Waals surface area contributed by atoms with Crippen molar-refractivity contribution in [3.8, 4) is 0 Å². The number of rotatable bonds is 5. The van der Waals surface area contributed by atoms with Crippen LogP contribution in [0.1, 0.15) is 12.8 Å². The van der Waals surface area contributed by atoms with Gasteiger partial charge in [-0.1, -0.05) is 0 Å². The predicted molar refractivity (Wildman–Crippen MR) is 56.3 cm³/mol. The van der Waals surface area contributed by atoms with Crippen LogP contribution in [-0.4, -0.2) is 72.5 Å². The van der Waals surface area contributed by atoms with Gasteiger partial charge in [-0.25, -0.2) is 0 Å². The molecule has 2 N–H and O–H groups in total. The molecule has 4 nitrogen and oxygen atoms in total. The highest BCUT2D eigenvalue weighted by molar-refractivity contribution is 4.76. The molecule has 0 aliphatic carbocycles. The van der Waals surface area contributed by atoms with E-state index in [1.807, 2.05) is 0 Å². The molecular weight excluding hydrogens is 180 g/mol. The first-order valence-corrected chi connectivity index (χ1v) is 5.42. The molecule has 0 aromatic rings. The lowest BCUT2D eigenvalue weighted by atomic mass is 10.1. The zero-order valence-electron chi connectivity index (χ0n) is 9.02. The van der Waals surface area contributed by atoms with Gasteiger partial charge in [0.1, 0.15) is 0 Å². The molecule has 1 aliphatic rings. The van der Waals surface area contributed by atoms with Crippen molar-refractivity contribution in [2.24, 2.45) is 0 Å². The summed E-state index contributed by atoms with van der Waals surface area (Å²) in [6, 6.07) is 0.246. The minimum atomic E-state index is 0.212. The summed E-state index contributed by atoms with van der Waals surface area (Å²) in [5, 5.41) is 18.0. The van der Waals surface area contributed by atoms with E-state index in [0.29, 0.717) is 0 Å². The van der Waals surface area contributed by atoms with E-state index in [1.165, 1.54) is 0 Å². The molecular formula is C10H22N2O2. The summed E-state index contributed by atoms with van der Waals surface area (Å²) in [5.41, 5.74) is 0. The maximum absolute atomic E-state index is 9.23. The molecule has 14 heavy (non-hydrogen) atoms. The molecule has 1 aliphatic heterocycles. The third kappa shape index (κ3) is 3.53. The molecule has 1 rings (SSSR count). The minimum Gasteiger partial charge on any atom is -0.396 e. The third-order valence-electron chi connectivity index (χ3n) is 2.96. The van der Waals surface area contributed by atoms with Crippen LogP contribution in [0.25, 0.3) is 0 Å². The number of piperazine rings is 1. The monoisotopic (exact) mass is 202 g/mol. The van der Waals surface area contributed by atoms with Crippen LogP contribution in [0.2, 0.25) is 0 Å². The molecule has 0 aromatic carbocycles. The number of aliphatic hydroxyl groups excluding tert-OH is 2. The van der Waals surface area contributed by atoms with Gasteiger partial charge in [0, 0.05) is 38.8 Å². The van der Waals surface area contributed by atoms with Crippen LogP contribution in [0.15, 0.2) is 0 Å². The molecule has 1 heterocycles. The first-order valence-electron chi connectivity index (χ1n) is 5.42. The molecule has 0 aromatic heterocycles. The average molecular weight is 202 g/mol. The fourth-order valence-corrected chi connectivity index (χ4v) is 1.90. The van der Waals surface area contributed by atoms with Crippen LogP contribution >= 0.6 is 0 Å². The molecule has 1 fully saturated rings. The summed E-state index contributed by atoms with van der Waals surface area (Å²) in [4.78, 5) is 4.63. The summed E-state index contributed by atoms with van der Waals surface area (Å²) in [6.07, 6.45) is 1.69. The van der Waals surface area contributed by atoms with Crippen LogP contribution < -0.4 is 0 Å². The van der Waals surface area contributed by atoms with Crippen LogP contribution in [0, 0.1) is 0 Å². The van der Waals surface area contributed by atoms with E-state index in [4.69, 9.17) is 5.11 Å². The van der Waals surface area contributed by atoms with Gasteiger partial charge in [-0.05, 0) is 19.9 Å². The molecule has 1 atom stereocenters. The predicted octanol–water partition coefficient (Wildman–Crippen LogP) is -0.633. The van der Waals surface area contributed by atoms with E-state index in [2.05, 4.69) is 16.8 Å². The van der Waals surface area contributed by atoms with Crippen LogP contribution in [0.4, 0.5) is 0 Å². The van der Waals surface area contributed by atoms with Gasteiger partial charge in [-0.3, -0.25) is 4.90 Å². The van der Waals surface area contributed by atoms with Crippen LogP contribution in [0.5, 0.6) is 0 Å². The molecule has 84 valence electrons. The number of aliphatic hydroxyl groups is 2. The Labute approximate surface area is 86.1 Å². The summed E-state index contributed by atoms with van der Waals surface area (Å²) in [6.45, 7) is 4.67. The van der Waals surface area contributed by atoms with Crippen molar-refractivity contribution < 1.29 is 10.2 Å². The zero-order valence-corrected chi connectivity index (χ0v) is 9.02. The summed E-state index contributed by atoms with van der Waals surface area (Å²) in [7, 11) is 2.12. The number of hydrogen-bond donors (Lipinski definition) is 2. The Morgan fingerprint density at radius 3 is 2.29 bits per heavy atom. The van der Waals surface area contributed by atoms with Crippen molar-refractivity contribution in [1.29, 1.82) is 0 Å². The van der Waals surface area contributed by atoms with Gasteiger partial charge in [-0.2, -0.15) is 0 Å². The van der Waals surface area contributed by atoms with Crippen LogP contribution in [0.3, 0.4) is 0 Å². The fraction of sp³-hybridized carbons (Fsp3) is 1.00. The van der Waals surface area contributed by atoms with Gasteiger partial charge in [0.15, 0.2) is 0 Å². The molecule has 0 bridgehead atoms. The van der Waals surface area contributed by atoms with Crippen LogP contribution in [-0.2, 0) is 0 Å². The molecule has 0 saturated carbocycles. The third-order valence-corrected chi connectivity index (χ3v) is 2.96. The highest BCUT2D eigenvalue weighted by Crippen LogP contribution is 2.09. The first-order chi connectivity index (χ1) is 6.77. The Morgan fingerprint density at radius 1 is 1.14 bits per heavy atom. The van der Waals surface area contributed by atoms with Gasteiger partial charge in [-0.15, -0.1) is 0 Å². The molecule has 4 heteroatoms. The van der Waals surface area contributed by atoms with Gasteiger partial charge >= 0.3 is 0 Å². The Balaban J connectivity index is 2.29. The zero-order chi connectivity index (χ0) is 10.4. The largest absolute Gasteiger partial charge is 0.396 e. The van der Waals surface area contributed by atoms with E-state index in [1.54, 1.807) is 0 Å². The topological polar surface area (TPSA) is 46.9 Å². The fourth-order valence-electron chi connectivity index (χ4n) is 1.90. The second-order valence-corrected chi connectivity index (χ2v) is 4.04. The van der Waals surface area contributed by atoms with E-state index in [9.17, 15) is 5.11 Å². The smallest absolute Gasteiger partial charge is 0.0586 e. The first kappa shape index (κ1) is 11.9. The Bertz CT molecular complexity index is 144. The summed E-state index contributed by atoms with van der Waals surface area (Å²) in [5.74, 6) is 0. The standard InChI is InChI=1S/C10H22N2O2/c1-11-4-6-12(7-5-11)10(9-14)3-2-8-13/h10,13-14H,2-9H2,1H3. The van der Waals surface area contributed by atoms with Gasteiger partial charge < -0.3 is 15.1 Å². The number of nitrogens with zero attached hydrogens (tertiary/aromatic N) is 2. The number of hydrogen-bond acceptors (Lipinski definition) is 4. The normalized spacial score (nSPS) is 22.5. The molecule has 0 spiro atoms. The van der Waals surface area contributed by atoms with Gasteiger partial charge in [0.05, 0.1) is 6.61 Å². The van der Waals surface area contributed by atoms with Crippen molar-refractivity contribution >= 4 is 0 Å². The van der Waals surface area contributed by atoms with Crippen molar-refractivity contribution in [2.75, 3.05) is 46.4 Å². The lowest BCUT2D eigenvalue weighted by Gasteiger charge is -2.37. The van der Waals surface area contributed by atoms with E-state index < -0.39 is 0 Å². The summed E-state index contributed by atoms with van der Waals surface area (Å²) < 4.78 is 0. The highest BCUT2D eigenvalue weighted by atomic mass is 16.3. The second kappa shape index (κ2) is 6.35. The molecule has 0 amide bonds. The van der Waals surface area contributed by atoms with Crippen molar-refractivity contribution in [2.45, 2.75) is 18.9 Å². The van der Waals surface area contributed by atoms with Gasteiger partial charge in [0.25, 0.3) is 0 Å². The van der Waals surface area contributed by atoms with Crippen molar-refractivity contribution in [3.05, 3.63) is 0 Å². The molecule has 1 unspecified atom stereocenters. The Kier molecular flexibility index (Phi) is 5.40. The summed E-state index contributed by atoms with van der Waals surface area (Å²) >= 11 is 0. The lowest BCUT2D eigenvalue weighted by Crippen LogP contribution is -2.50. The average Bonchev–Trinajstić information content (AvgIpc) is 2.21. The van der Waals surface area contributed by atoms with Gasteiger partial charge in [0.2, 0.25) is 0 Å². The van der Waals surface area contributed by atoms with E-state index in [-0.39, 0.29) is 19.3 Å². The Hall–Kier alpha value is -0.160. The van der Waals surface area contributed by atoms with Crippen molar-refractivity contribution in [3.63, 3.8) is 0 Å². The minimum absolute atomic E-state index is 0.212. The second-order valence-electron chi connectivity index (χ2n) is 4.04. The molecule has 0 radical (unpaired) electrons. The highest BCUT2D eigenvalue weighted by Gasteiger charge is 2.21. The van der Waals surface area contributed by atoms with Crippen molar-refractivity contribution in [1.82, 2.24) is 9.80 Å². The molecule has 1 saturated heterocycles. The Morgan fingerprint density at radius 2 is 1.79 bits per heavy atom. The quantitative estimate of drug-likeness (QED) is 0.623.